The summed E-state index contributed by atoms with van der Waals surface area (Å²) >= 11 is 1.64. The Bertz CT molecular complexity index is 314. The molecule has 2 heterocycles. The summed E-state index contributed by atoms with van der Waals surface area (Å²) in [6, 6.07) is 1.95. The van der Waals surface area contributed by atoms with Gasteiger partial charge in [-0.1, -0.05) is 0 Å². The number of rotatable bonds is 0. The van der Waals surface area contributed by atoms with Crippen molar-refractivity contribution in [1.29, 1.82) is 0 Å². The van der Waals surface area contributed by atoms with Crippen LogP contribution in [0.15, 0.2) is 11.4 Å². The third-order valence-corrected chi connectivity index (χ3v) is 3.29. The second kappa shape index (κ2) is 1.85. The molecule has 0 radical (unpaired) electrons. The maximum Gasteiger partial charge on any atom is 0.235 e. The first-order valence-corrected chi connectivity index (χ1v) is 4.40. The van der Waals surface area contributed by atoms with Crippen molar-refractivity contribution in [1.82, 2.24) is 0 Å². The van der Waals surface area contributed by atoms with Crippen molar-refractivity contribution in [2.24, 2.45) is 0 Å². The molecule has 0 atom stereocenters. The molecule has 11 heavy (non-hydrogen) atoms. The van der Waals surface area contributed by atoms with Crippen LogP contribution >= 0.6 is 11.3 Å². The molecule has 0 unspecified atom stereocenters. The van der Waals surface area contributed by atoms with E-state index in [1.54, 1.807) is 11.3 Å². The molecular weight excluding hydrogens is 158 g/mol. The highest BCUT2D eigenvalue weighted by atomic mass is 32.1. The zero-order valence-corrected chi connectivity index (χ0v) is 7.29. The van der Waals surface area contributed by atoms with Gasteiger partial charge in [0.15, 0.2) is 0 Å². The van der Waals surface area contributed by atoms with Crippen LogP contribution in [0.4, 0.5) is 5.69 Å². The van der Waals surface area contributed by atoms with E-state index in [0.29, 0.717) is 0 Å². The summed E-state index contributed by atoms with van der Waals surface area (Å²) in [6.45, 7) is 3.90. The Kier molecular flexibility index (Phi) is 1.16. The van der Waals surface area contributed by atoms with E-state index in [4.69, 9.17) is 0 Å². The van der Waals surface area contributed by atoms with E-state index in [2.05, 4.69) is 5.32 Å². The fraction of sp³-hybridized carbons (Fsp3) is 0.375. The fourth-order valence-electron chi connectivity index (χ4n) is 1.27. The summed E-state index contributed by atoms with van der Waals surface area (Å²) in [5.41, 5.74) is 0.675. The van der Waals surface area contributed by atoms with Gasteiger partial charge >= 0.3 is 0 Å². The number of carbonyl (C=O) groups excluding carboxylic acids is 1. The Labute approximate surface area is 69.2 Å². The van der Waals surface area contributed by atoms with Crippen LogP contribution in [0.2, 0.25) is 0 Å². The molecule has 0 spiro atoms. The Morgan fingerprint density at radius 3 is 2.91 bits per heavy atom. The Hall–Kier alpha value is -0.830. The molecule has 1 aliphatic heterocycles. The maximum absolute atomic E-state index is 11.3. The van der Waals surface area contributed by atoms with Gasteiger partial charge in [-0.2, -0.15) is 0 Å². The molecule has 3 heteroatoms. The van der Waals surface area contributed by atoms with E-state index >= 15 is 0 Å². The predicted octanol–water partition coefficient (Wildman–Crippen LogP) is 1.98. The SMILES string of the molecule is CC1(C)C(=O)Nc2ccsc21. The lowest BCUT2D eigenvalue weighted by molar-refractivity contribution is -0.119. The minimum atomic E-state index is -0.316. The summed E-state index contributed by atoms with van der Waals surface area (Å²) in [6.07, 6.45) is 0. The lowest BCUT2D eigenvalue weighted by Crippen LogP contribution is -2.26. The summed E-state index contributed by atoms with van der Waals surface area (Å²) in [7, 11) is 0. The zero-order valence-electron chi connectivity index (χ0n) is 6.47. The molecule has 0 aliphatic carbocycles. The van der Waals surface area contributed by atoms with Crippen LogP contribution in [-0.2, 0) is 10.2 Å². The topological polar surface area (TPSA) is 29.1 Å². The summed E-state index contributed by atoms with van der Waals surface area (Å²) in [5, 5.41) is 4.84. The molecule has 2 nitrogen and oxygen atoms in total. The van der Waals surface area contributed by atoms with Crippen molar-refractivity contribution in [2.75, 3.05) is 5.32 Å². The number of carbonyl (C=O) groups is 1. The zero-order chi connectivity index (χ0) is 8.06. The molecule has 0 fully saturated rings. The lowest BCUT2D eigenvalue weighted by atomic mass is 9.93. The minimum Gasteiger partial charge on any atom is -0.324 e. The van der Waals surface area contributed by atoms with Crippen LogP contribution in [0.5, 0.6) is 0 Å². The van der Waals surface area contributed by atoms with Gasteiger partial charge in [-0.25, -0.2) is 0 Å². The lowest BCUT2D eigenvalue weighted by Gasteiger charge is -2.12. The number of nitrogens with one attached hydrogen (secondary N) is 1. The average molecular weight is 167 g/mol. The molecule has 58 valence electrons. The van der Waals surface area contributed by atoms with Crippen molar-refractivity contribution in [3.8, 4) is 0 Å². The van der Waals surface area contributed by atoms with E-state index in [9.17, 15) is 4.79 Å². The van der Waals surface area contributed by atoms with Crippen molar-refractivity contribution >= 4 is 22.9 Å². The van der Waals surface area contributed by atoms with Crippen molar-refractivity contribution < 1.29 is 4.79 Å². The first kappa shape index (κ1) is 6.85. The van der Waals surface area contributed by atoms with E-state index < -0.39 is 0 Å². The number of anilines is 1. The van der Waals surface area contributed by atoms with E-state index in [1.807, 2.05) is 25.3 Å². The van der Waals surface area contributed by atoms with E-state index in [0.717, 1.165) is 10.6 Å². The smallest absolute Gasteiger partial charge is 0.235 e. The average Bonchev–Trinajstić information content (AvgIpc) is 2.41. The van der Waals surface area contributed by atoms with Gasteiger partial charge in [0.1, 0.15) is 0 Å². The van der Waals surface area contributed by atoms with Crippen LogP contribution in [-0.4, -0.2) is 5.91 Å². The molecule has 1 aromatic heterocycles. The molecule has 1 amide bonds. The highest BCUT2D eigenvalue weighted by Crippen LogP contribution is 2.40. The van der Waals surface area contributed by atoms with Gasteiger partial charge in [0.2, 0.25) is 5.91 Å². The highest BCUT2D eigenvalue weighted by Gasteiger charge is 2.39. The molecule has 0 saturated carbocycles. The van der Waals surface area contributed by atoms with Crippen LogP contribution < -0.4 is 5.32 Å². The summed E-state index contributed by atoms with van der Waals surface area (Å²) in [5.74, 6) is 0.111. The molecule has 1 aromatic rings. The fourth-order valence-corrected chi connectivity index (χ4v) is 2.25. The van der Waals surface area contributed by atoms with Gasteiger partial charge in [0.25, 0.3) is 0 Å². The highest BCUT2D eigenvalue weighted by molar-refractivity contribution is 7.11. The monoisotopic (exact) mass is 167 g/mol. The van der Waals surface area contributed by atoms with Crippen LogP contribution in [0.3, 0.4) is 0 Å². The van der Waals surface area contributed by atoms with Gasteiger partial charge in [-0.3, -0.25) is 4.79 Å². The standard InChI is InChI=1S/C8H9NOS/c1-8(2)6-5(3-4-11-6)9-7(8)10/h3-4H,1-2H3,(H,9,10). The molecule has 1 N–H and O–H groups in total. The number of fused-ring (bicyclic) bond motifs is 1. The van der Waals surface area contributed by atoms with Crippen LogP contribution in [0.25, 0.3) is 0 Å². The Balaban J connectivity index is 2.61. The normalized spacial score (nSPS) is 19.6. The number of thiophene rings is 1. The van der Waals surface area contributed by atoms with Crippen LogP contribution in [0, 0.1) is 0 Å². The minimum absolute atomic E-state index is 0.111. The molecular formula is C8H9NOS. The van der Waals surface area contributed by atoms with E-state index in [-0.39, 0.29) is 11.3 Å². The summed E-state index contributed by atoms with van der Waals surface area (Å²) < 4.78 is 0. The molecule has 0 saturated heterocycles. The number of amides is 1. The molecule has 2 rings (SSSR count). The maximum atomic E-state index is 11.3. The third-order valence-electron chi connectivity index (χ3n) is 2.05. The first-order chi connectivity index (χ1) is 5.12. The van der Waals surface area contributed by atoms with Crippen LogP contribution in [0.1, 0.15) is 18.7 Å². The molecule has 1 aliphatic rings. The Morgan fingerprint density at radius 2 is 2.27 bits per heavy atom. The number of hydrogen-bond donors (Lipinski definition) is 1. The third kappa shape index (κ3) is 0.744. The van der Waals surface area contributed by atoms with Gasteiger partial charge in [-0.15, -0.1) is 11.3 Å². The van der Waals surface area contributed by atoms with Gasteiger partial charge in [0.05, 0.1) is 11.1 Å². The second-order valence-corrected chi connectivity index (χ2v) is 4.16. The predicted molar refractivity (Wildman–Crippen MR) is 46.0 cm³/mol. The quantitative estimate of drug-likeness (QED) is 0.629. The second-order valence-electron chi connectivity index (χ2n) is 3.24. The first-order valence-electron chi connectivity index (χ1n) is 3.52. The molecule has 0 aromatic carbocycles. The van der Waals surface area contributed by atoms with Gasteiger partial charge < -0.3 is 5.32 Å². The Morgan fingerprint density at radius 1 is 1.55 bits per heavy atom. The largest absolute Gasteiger partial charge is 0.324 e. The van der Waals surface area contributed by atoms with Crippen molar-refractivity contribution in [3.63, 3.8) is 0 Å². The van der Waals surface area contributed by atoms with E-state index in [1.165, 1.54) is 0 Å². The van der Waals surface area contributed by atoms with Gasteiger partial charge in [0, 0.05) is 4.88 Å². The van der Waals surface area contributed by atoms with Crippen molar-refractivity contribution in [2.45, 2.75) is 19.3 Å². The van der Waals surface area contributed by atoms with Crippen molar-refractivity contribution in [3.05, 3.63) is 16.3 Å². The molecule has 0 bridgehead atoms. The summed E-state index contributed by atoms with van der Waals surface area (Å²) in [4.78, 5) is 12.5. The van der Waals surface area contributed by atoms with Gasteiger partial charge in [-0.05, 0) is 25.3 Å². The number of hydrogen-bond acceptors (Lipinski definition) is 2.